The molecule has 2 aromatic carbocycles. The van der Waals surface area contributed by atoms with E-state index in [9.17, 15) is 4.79 Å². The molecular formula is C21H27NO3. The molecule has 1 atom stereocenters. The fraction of sp³-hybridized carbons (Fsp3) is 0.381. The summed E-state index contributed by atoms with van der Waals surface area (Å²) in [5, 5.41) is 0. The Kier molecular flexibility index (Phi) is 7.64. The molecule has 4 nitrogen and oxygen atoms in total. The highest BCUT2D eigenvalue weighted by Crippen LogP contribution is 2.20. The third-order valence-corrected chi connectivity index (χ3v) is 4.31. The van der Waals surface area contributed by atoms with Crippen molar-refractivity contribution in [3.05, 3.63) is 71.3 Å². The highest BCUT2D eigenvalue weighted by molar-refractivity contribution is 5.89. The van der Waals surface area contributed by atoms with Crippen molar-refractivity contribution in [1.29, 1.82) is 0 Å². The van der Waals surface area contributed by atoms with Gasteiger partial charge in [0.25, 0.3) is 0 Å². The number of esters is 1. The van der Waals surface area contributed by atoms with Gasteiger partial charge >= 0.3 is 5.97 Å². The van der Waals surface area contributed by atoms with Gasteiger partial charge in [-0.2, -0.15) is 0 Å². The zero-order valence-electron chi connectivity index (χ0n) is 15.3. The lowest BCUT2D eigenvalue weighted by Gasteiger charge is -2.32. The van der Waals surface area contributed by atoms with Crippen molar-refractivity contribution in [3.8, 4) is 0 Å². The average Bonchev–Trinajstić information content (AvgIpc) is 2.68. The second kappa shape index (κ2) is 9.97. The highest BCUT2D eigenvalue weighted by atomic mass is 16.5. The van der Waals surface area contributed by atoms with Crippen LogP contribution in [0.5, 0.6) is 0 Å². The summed E-state index contributed by atoms with van der Waals surface area (Å²) < 4.78 is 9.90. The van der Waals surface area contributed by atoms with Crippen LogP contribution < -0.4 is 0 Å². The van der Waals surface area contributed by atoms with Gasteiger partial charge in [0, 0.05) is 19.1 Å². The van der Waals surface area contributed by atoms with Crippen molar-refractivity contribution >= 4 is 5.97 Å². The van der Waals surface area contributed by atoms with Gasteiger partial charge in [-0.3, -0.25) is 4.90 Å². The molecule has 1 aliphatic heterocycles. The Hall–Kier alpha value is -2.17. The van der Waals surface area contributed by atoms with Crippen molar-refractivity contribution in [2.24, 2.45) is 0 Å². The normalized spacial score (nSPS) is 15.6. The van der Waals surface area contributed by atoms with Crippen molar-refractivity contribution in [1.82, 2.24) is 4.90 Å². The van der Waals surface area contributed by atoms with Crippen LogP contribution in [-0.4, -0.2) is 44.3 Å². The molecular weight excluding hydrogens is 314 g/mol. The Morgan fingerprint density at radius 1 is 1.08 bits per heavy atom. The van der Waals surface area contributed by atoms with E-state index in [2.05, 4.69) is 46.9 Å². The summed E-state index contributed by atoms with van der Waals surface area (Å²) in [5.74, 6) is -0.284. The molecule has 4 heteroatoms. The fourth-order valence-electron chi connectivity index (χ4n) is 2.80. The van der Waals surface area contributed by atoms with Crippen molar-refractivity contribution in [2.45, 2.75) is 19.9 Å². The summed E-state index contributed by atoms with van der Waals surface area (Å²) >= 11 is 0. The first-order chi connectivity index (χ1) is 12.1. The molecule has 0 aromatic heterocycles. The number of methoxy groups -OCH3 is 1. The Labute approximate surface area is 150 Å². The molecule has 1 saturated heterocycles. The standard InChI is InChI=1S/C12H17NO.C9H10O2/c1-11(12-5-3-2-4-6-12)13-7-9-14-10-8-13;1-7-4-3-5-8(6-7)9(10)11-2/h2-6,11H,7-10H2,1H3;3-6H,1-2H3. The van der Waals surface area contributed by atoms with Gasteiger partial charge < -0.3 is 9.47 Å². The number of morpholine rings is 1. The first-order valence-electron chi connectivity index (χ1n) is 8.63. The minimum absolute atomic E-state index is 0.284. The van der Waals surface area contributed by atoms with E-state index in [4.69, 9.17) is 4.74 Å². The summed E-state index contributed by atoms with van der Waals surface area (Å²) in [6.45, 7) is 8.05. The van der Waals surface area contributed by atoms with E-state index in [0.717, 1.165) is 31.9 Å². The van der Waals surface area contributed by atoms with Crippen molar-refractivity contribution < 1.29 is 14.3 Å². The van der Waals surface area contributed by atoms with Gasteiger partial charge in [0.2, 0.25) is 0 Å². The van der Waals surface area contributed by atoms with Crippen LogP contribution in [0.4, 0.5) is 0 Å². The number of aryl methyl sites for hydroxylation is 1. The Bertz CT molecular complexity index is 651. The minimum atomic E-state index is -0.284. The topological polar surface area (TPSA) is 38.8 Å². The van der Waals surface area contributed by atoms with E-state index in [1.54, 1.807) is 12.1 Å². The number of carbonyl (C=O) groups is 1. The zero-order chi connectivity index (χ0) is 18.1. The van der Waals surface area contributed by atoms with Crippen LogP contribution >= 0.6 is 0 Å². The largest absolute Gasteiger partial charge is 0.465 e. The van der Waals surface area contributed by atoms with E-state index < -0.39 is 0 Å². The molecule has 0 amide bonds. The Morgan fingerprint density at radius 3 is 2.36 bits per heavy atom. The molecule has 3 rings (SSSR count). The molecule has 1 fully saturated rings. The average molecular weight is 341 g/mol. The molecule has 1 aliphatic rings. The molecule has 1 unspecified atom stereocenters. The Balaban J connectivity index is 0.000000186. The first-order valence-corrected chi connectivity index (χ1v) is 8.63. The molecule has 0 spiro atoms. The van der Waals surface area contributed by atoms with Gasteiger partial charge in [-0.15, -0.1) is 0 Å². The first kappa shape index (κ1) is 19.2. The van der Waals surface area contributed by atoms with Crippen LogP contribution in [-0.2, 0) is 9.47 Å². The van der Waals surface area contributed by atoms with E-state index >= 15 is 0 Å². The SMILES string of the molecule is CC(c1ccccc1)N1CCOCC1.COC(=O)c1cccc(C)c1. The number of nitrogens with zero attached hydrogens (tertiary/aromatic N) is 1. The third kappa shape index (κ3) is 6.00. The van der Waals surface area contributed by atoms with E-state index in [1.807, 2.05) is 19.1 Å². The molecule has 0 saturated carbocycles. The highest BCUT2D eigenvalue weighted by Gasteiger charge is 2.17. The molecule has 1 heterocycles. The summed E-state index contributed by atoms with van der Waals surface area (Å²) in [6, 6.07) is 18.5. The summed E-state index contributed by atoms with van der Waals surface area (Å²) in [6.07, 6.45) is 0. The van der Waals surface area contributed by atoms with E-state index in [1.165, 1.54) is 12.7 Å². The molecule has 0 radical (unpaired) electrons. The summed E-state index contributed by atoms with van der Waals surface area (Å²) in [5.41, 5.74) is 3.06. The van der Waals surface area contributed by atoms with Crippen LogP contribution in [0.25, 0.3) is 0 Å². The molecule has 0 N–H and O–H groups in total. The Morgan fingerprint density at radius 2 is 1.76 bits per heavy atom. The minimum Gasteiger partial charge on any atom is -0.465 e. The van der Waals surface area contributed by atoms with Gasteiger partial charge in [-0.25, -0.2) is 4.79 Å². The number of ether oxygens (including phenoxy) is 2. The monoisotopic (exact) mass is 341 g/mol. The molecule has 134 valence electrons. The van der Waals surface area contributed by atoms with Gasteiger partial charge in [-0.1, -0.05) is 48.0 Å². The number of rotatable bonds is 3. The van der Waals surface area contributed by atoms with E-state index in [0.29, 0.717) is 11.6 Å². The number of benzene rings is 2. The molecule has 0 aliphatic carbocycles. The lowest BCUT2D eigenvalue weighted by molar-refractivity contribution is 0.0198. The van der Waals surface area contributed by atoms with Crippen LogP contribution in [0.2, 0.25) is 0 Å². The van der Waals surface area contributed by atoms with Crippen LogP contribution in [0.1, 0.15) is 34.5 Å². The third-order valence-electron chi connectivity index (χ3n) is 4.31. The number of carbonyl (C=O) groups excluding carboxylic acids is 1. The maximum Gasteiger partial charge on any atom is 0.337 e. The predicted molar refractivity (Wildman–Crippen MR) is 99.8 cm³/mol. The van der Waals surface area contributed by atoms with Crippen LogP contribution in [0.15, 0.2) is 54.6 Å². The lowest BCUT2D eigenvalue weighted by Crippen LogP contribution is -2.37. The maximum atomic E-state index is 10.9. The molecule has 0 bridgehead atoms. The van der Waals surface area contributed by atoms with Gasteiger partial charge in [0.15, 0.2) is 0 Å². The number of hydrogen-bond acceptors (Lipinski definition) is 4. The van der Waals surface area contributed by atoms with Crippen molar-refractivity contribution in [3.63, 3.8) is 0 Å². The number of hydrogen-bond donors (Lipinski definition) is 0. The summed E-state index contributed by atoms with van der Waals surface area (Å²) in [4.78, 5) is 13.4. The lowest BCUT2D eigenvalue weighted by atomic mass is 10.1. The molecule has 2 aromatic rings. The van der Waals surface area contributed by atoms with E-state index in [-0.39, 0.29) is 5.97 Å². The fourth-order valence-corrected chi connectivity index (χ4v) is 2.80. The van der Waals surface area contributed by atoms with Gasteiger partial charge in [-0.05, 0) is 31.5 Å². The smallest absolute Gasteiger partial charge is 0.337 e. The maximum absolute atomic E-state index is 10.9. The second-order valence-corrected chi connectivity index (χ2v) is 6.10. The van der Waals surface area contributed by atoms with Gasteiger partial charge in [0.05, 0.1) is 25.9 Å². The quantitative estimate of drug-likeness (QED) is 0.795. The van der Waals surface area contributed by atoms with Crippen molar-refractivity contribution in [2.75, 3.05) is 33.4 Å². The molecule has 25 heavy (non-hydrogen) atoms. The summed E-state index contributed by atoms with van der Waals surface area (Å²) in [7, 11) is 1.38. The predicted octanol–water partition coefficient (Wildman–Crippen LogP) is 3.86. The van der Waals surface area contributed by atoms with Crippen LogP contribution in [0, 0.1) is 6.92 Å². The second-order valence-electron chi connectivity index (χ2n) is 6.10. The van der Waals surface area contributed by atoms with Crippen LogP contribution in [0.3, 0.4) is 0 Å². The van der Waals surface area contributed by atoms with Gasteiger partial charge in [0.1, 0.15) is 0 Å². The zero-order valence-corrected chi connectivity index (χ0v) is 15.3.